The summed E-state index contributed by atoms with van der Waals surface area (Å²) in [5.41, 5.74) is 4.17. The second kappa shape index (κ2) is 8.11. The number of nitrogens with one attached hydrogen (secondary N) is 1. The SMILES string of the molecule is Cc1ccc(CC(=O)O[C@@H](C)C(=O)Nc2ccc(C#N)cc2)cc1C. The molecule has 5 heteroatoms. The molecule has 2 rings (SSSR count). The monoisotopic (exact) mass is 336 g/mol. The van der Waals surface area contributed by atoms with E-state index in [9.17, 15) is 9.59 Å². The van der Waals surface area contributed by atoms with Crippen molar-refractivity contribution in [1.29, 1.82) is 5.26 Å². The molecule has 0 aliphatic rings. The standard InChI is InChI=1S/C20H20N2O3/c1-13-4-5-17(10-14(13)2)11-19(23)25-15(3)20(24)22-18-8-6-16(12-21)7-9-18/h4-10,15H,11H2,1-3H3,(H,22,24)/t15-/m0/s1. The summed E-state index contributed by atoms with van der Waals surface area (Å²) in [6, 6.07) is 14.2. The minimum Gasteiger partial charge on any atom is -0.452 e. The lowest BCUT2D eigenvalue weighted by Gasteiger charge is -2.14. The van der Waals surface area contributed by atoms with Crippen LogP contribution in [0.3, 0.4) is 0 Å². The predicted molar refractivity (Wildman–Crippen MR) is 95.0 cm³/mol. The van der Waals surface area contributed by atoms with E-state index < -0.39 is 18.0 Å². The first-order valence-corrected chi connectivity index (χ1v) is 7.95. The largest absolute Gasteiger partial charge is 0.452 e. The van der Waals surface area contributed by atoms with Crippen LogP contribution in [0.4, 0.5) is 5.69 Å². The van der Waals surface area contributed by atoms with Crippen LogP contribution in [0.25, 0.3) is 0 Å². The second-order valence-electron chi connectivity index (χ2n) is 5.91. The molecule has 0 spiro atoms. The Morgan fingerprint density at radius 1 is 1.12 bits per heavy atom. The summed E-state index contributed by atoms with van der Waals surface area (Å²) in [5.74, 6) is -0.871. The van der Waals surface area contributed by atoms with Crippen LogP contribution < -0.4 is 5.32 Å². The molecule has 0 saturated heterocycles. The second-order valence-corrected chi connectivity index (χ2v) is 5.91. The molecular formula is C20H20N2O3. The molecule has 0 aliphatic heterocycles. The highest BCUT2D eigenvalue weighted by molar-refractivity contribution is 5.95. The number of nitrogens with zero attached hydrogens (tertiary/aromatic N) is 1. The lowest BCUT2D eigenvalue weighted by molar-refractivity contribution is -0.152. The Morgan fingerprint density at radius 3 is 2.40 bits per heavy atom. The summed E-state index contributed by atoms with van der Waals surface area (Å²) >= 11 is 0. The predicted octanol–water partition coefficient (Wildman–Crippen LogP) is 3.29. The Labute approximate surface area is 147 Å². The molecule has 0 unspecified atom stereocenters. The maximum atomic E-state index is 12.1. The third-order valence-electron chi connectivity index (χ3n) is 3.88. The van der Waals surface area contributed by atoms with Gasteiger partial charge in [-0.25, -0.2) is 0 Å². The fourth-order valence-corrected chi connectivity index (χ4v) is 2.24. The van der Waals surface area contributed by atoms with Gasteiger partial charge in [-0.3, -0.25) is 9.59 Å². The van der Waals surface area contributed by atoms with Crippen LogP contribution in [-0.4, -0.2) is 18.0 Å². The molecule has 0 radical (unpaired) electrons. The summed E-state index contributed by atoms with van der Waals surface area (Å²) in [4.78, 5) is 24.1. The molecule has 1 atom stereocenters. The summed E-state index contributed by atoms with van der Waals surface area (Å²) in [7, 11) is 0. The van der Waals surface area contributed by atoms with Crippen molar-refractivity contribution in [2.45, 2.75) is 33.3 Å². The molecule has 2 aromatic carbocycles. The normalized spacial score (nSPS) is 11.3. The van der Waals surface area contributed by atoms with Crippen molar-refractivity contribution in [3.8, 4) is 6.07 Å². The van der Waals surface area contributed by atoms with Crippen LogP contribution in [0, 0.1) is 25.2 Å². The van der Waals surface area contributed by atoms with E-state index in [1.165, 1.54) is 6.92 Å². The first kappa shape index (κ1) is 18.2. The number of hydrogen-bond acceptors (Lipinski definition) is 4. The van der Waals surface area contributed by atoms with E-state index in [-0.39, 0.29) is 6.42 Å². The fraction of sp³-hybridized carbons (Fsp3) is 0.250. The van der Waals surface area contributed by atoms with Gasteiger partial charge in [0.2, 0.25) is 0 Å². The Hall–Kier alpha value is -3.13. The zero-order chi connectivity index (χ0) is 18.4. The van der Waals surface area contributed by atoms with Gasteiger partial charge >= 0.3 is 5.97 Å². The molecule has 0 bridgehead atoms. The first-order valence-electron chi connectivity index (χ1n) is 7.95. The quantitative estimate of drug-likeness (QED) is 0.850. The van der Waals surface area contributed by atoms with Crippen molar-refractivity contribution in [1.82, 2.24) is 0 Å². The molecule has 0 heterocycles. The molecule has 0 saturated carbocycles. The molecule has 1 N–H and O–H groups in total. The molecule has 25 heavy (non-hydrogen) atoms. The maximum Gasteiger partial charge on any atom is 0.311 e. The Kier molecular flexibility index (Phi) is 5.91. The van der Waals surface area contributed by atoms with Crippen LogP contribution in [0.1, 0.15) is 29.2 Å². The van der Waals surface area contributed by atoms with Gasteiger partial charge in [-0.15, -0.1) is 0 Å². The van der Waals surface area contributed by atoms with Gasteiger partial charge in [-0.2, -0.15) is 5.26 Å². The van der Waals surface area contributed by atoms with Crippen molar-refractivity contribution in [3.63, 3.8) is 0 Å². The molecule has 2 aromatic rings. The number of carbonyl (C=O) groups excluding carboxylic acids is 2. The van der Waals surface area contributed by atoms with Gasteiger partial charge in [0.25, 0.3) is 5.91 Å². The highest BCUT2D eigenvalue weighted by Crippen LogP contribution is 2.12. The molecule has 0 aromatic heterocycles. The van der Waals surface area contributed by atoms with E-state index in [2.05, 4.69) is 5.32 Å². The van der Waals surface area contributed by atoms with E-state index in [1.807, 2.05) is 38.1 Å². The number of aryl methyl sites for hydroxylation is 2. The van der Waals surface area contributed by atoms with Gasteiger partial charge < -0.3 is 10.1 Å². The minimum absolute atomic E-state index is 0.121. The molecule has 0 aliphatic carbocycles. The maximum absolute atomic E-state index is 12.1. The van der Waals surface area contributed by atoms with Crippen molar-refractivity contribution in [2.24, 2.45) is 0 Å². The van der Waals surface area contributed by atoms with Crippen LogP contribution >= 0.6 is 0 Å². The average Bonchev–Trinajstić information content (AvgIpc) is 2.58. The van der Waals surface area contributed by atoms with Gasteiger partial charge in [0, 0.05) is 5.69 Å². The summed E-state index contributed by atoms with van der Waals surface area (Å²) in [6.07, 6.45) is -0.787. The van der Waals surface area contributed by atoms with E-state index in [4.69, 9.17) is 10.00 Å². The number of rotatable bonds is 5. The molecule has 5 nitrogen and oxygen atoms in total. The number of anilines is 1. The van der Waals surface area contributed by atoms with E-state index >= 15 is 0 Å². The smallest absolute Gasteiger partial charge is 0.311 e. The number of benzene rings is 2. The summed E-state index contributed by atoms with van der Waals surface area (Å²) < 4.78 is 5.20. The van der Waals surface area contributed by atoms with Gasteiger partial charge in [-0.05, 0) is 61.7 Å². The zero-order valence-corrected chi connectivity index (χ0v) is 14.5. The van der Waals surface area contributed by atoms with Gasteiger partial charge in [-0.1, -0.05) is 18.2 Å². The van der Waals surface area contributed by atoms with Crippen molar-refractivity contribution in [3.05, 3.63) is 64.7 Å². The number of nitriles is 1. The zero-order valence-electron chi connectivity index (χ0n) is 14.5. The number of amides is 1. The Morgan fingerprint density at radius 2 is 1.80 bits per heavy atom. The molecule has 128 valence electrons. The topological polar surface area (TPSA) is 79.2 Å². The van der Waals surface area contributed by atoms with Crippen LogP contribution in [0.15, 0.2) is 42.5 Å². The van der Waals surface area contributed by atoms with Crippen molar-refractivity contribution < 1.29 is 14.3 Å². The Bertz CT molecular complexity index is 820. The van der Waals surface area contributed by atoms with Crippen LogP contribution in [-0.2, 0) is 20.7 Å². The highest BCUT2D eigenvalue weighted by atomic mass is 16.5. The van der Waals surface area contributed by atoms with E-state index in [1.54, 1.807) is 24.3 Å². The first-order chi connectivity index (χ1) is 11.9. The summed E-state index contributed by atoms with van der Waals surface area (Å²) in [5, 5.41) is 11.4. The number of esters is 1. The third-order valence-corrected chi connectivity index (χ3v) is 3.88. The van der Waals surface area contributed by atoms with Crippen molar-refractivity contribution >= 4 is 17.6 Å². The lowest BCUT2D eigenvalue weighted by Crippen LogP contribution is -2.30. The van der Waals surface area contributed by atoms with Gasteiger partial charge in [0.15, 0.2) is 6.10 Å². The molecular weight excluding hydrogens is 316 g/mol. The average molecular weight is 336 g/mol. The Balaban J connectivity index is 1.89. The minimum atomic E-state index is -0.908. The van der Waals surface area contributed by atoms with E-state index in [0.717, 1.165) is 16.7 Å². The van der Waals surface area contributed by atoms with Crippen LogP contribution in [0.2, 0.25) is 0 Å². The molecule has 1 amide bonds. The number of ether oxygens (including phenoxy) is 1. The summed E-state index contributed by atoms with van der Waals surface area (Å²) in [6.45, 7) is 5.52. The van der Waals surface area contributed by atoms with Crippen molar-refractivity contribution in [2.75, 3.05) is 5.32 Å². The lowest BCUT2D eigenvalue weighted by atomic mass is 10.0. The number of carbonyl (C=O) groups is 2. The fourth-order valence-electron chi connectivity index (χ4n) is 2.24. The highest BCUT2D eigenvalue weighted by Gasteiger charge is 2.18. The van der Waals surface area contributed by atoms with Gasteiger partial charge in [0.1, 0.15) is 0 Å². The van der Waals surface area contributed by atoms with Gasteiger partial charge in [0.05, 0.1) is 18.1 Å². The third kappa shape index (κ3) is 5.18. The van der Waals surface area contributed by atoms with E-state index in [0.29, 0.717) is 11.3 Å². The molecule has 0 fully saturated rings. The van der Waals surface area contributed by atoms with Crippen LogP contribution in [0.5, 0.6) is 0 Å². The number of hydrogen-bond donors (Lipinski definition) is 1.